The van der Waals surface area contributed by atoms with Gasteiger partial charge < -0.3 is 5.32 Å². The van der Waals surface area contributed by atoms with E-state index in [-0.39, 0.29) is 5.56 Å². The lowest BCUT2D eigenvalue weighted by Gasteiger charge is -2.13. The summed E-state index contributed by atoms with van der Waals surface area (Å²) >= 11 is 0. The maximum atomic E-state index is 12.4. The van der Waals surface area contributed by atoms with Gasteiger partial charge in [-0.05, 0) is 25.5 Å². The molecule has 1 heterocycles. The molecule has 0 fully saturated rings. The fraction of sp³-hybridized carbons (Fsp3) is 0.333. The van der Waals surface area contributed by atoms with Gasteiger partial charge in [-0.15, -0.1) is 0 Å². The maximum absolute atomic E-state index is 12.4. The fourth-order valence-electron chi connectivity index (χ4n) is 2.30. The van der Waals surface area contributed by atoms with E-state index < -0.39 is 0 Å². The van der Waals surface area contributed by atoms with Crippen LogP contribution in [0.4, 0.5) is 5.69 Å². The molecule has 5 nitrogen and oxygen atoms in total. The van der Waals surface area contributed by atoms with Gasteiger partial charge in [0.05, 0.1) is 11.4 Å². The van der Waals surface area contributed by atoms with Gasteiger partial charge in [-0.1, -0.05) is 31.5 Å². The number of nitrogens with zero attached hydrogens (tertiary/aromatic N) is 2. The highest BCUT2D eigenvalue weighted by Crippen LogP contribution is 2.17. The molecule has 0 spiro atoms. The zero-order valence-electron chi connectivity index (χ0n) is 11.8. The van der Waals surface area contributed by atoms with Crippen molar-refractivity contribution in [2.24, 2.45) is 0 Å². The van der Waals surface area contributed by atoms with Gasteiger partial charge >= 0.3 is 0 Å². The molecule has 20 heavy (non-hydrogen) atoms. The minimum absolute atomic E-state index is 0.160. The van der Waals surface area contributed by atoms with Gasteiger partial charge in [0.2, 0.25) is 6.41 Å². The first-order valence-corrected chi connectivity index (χ1v) is 6.78. The molecule has 0 atom stereocenters. The number of unbranched alkanes of at least 4 members (excludes halogenated alkanes) is 1. The predicted octanol–water partition coefficient (Wildman–Crippen LogP) is 2.32. The second-order valence-corrected chi connectivity index (χ2v) is 4.65. The van der Waals surface area contributed by atoms with Gasteiger partial charge in [0.25, 0.3) is 5.56 Å². The van der Waals surface area contributed by atoms with E-state index in [4.69, 9.17) is 0 Å². The SMILES string of the molecule is CCCCn1c(=O)c(NC=O)c(C)n1-c1ccccc1. The Morgan fingerprint density at radius 1 is 1.25 bits per heavy atom. The maximum Gasteiger partial charge on any atom is 0.291 e. The minimum Gasteiger partial charge on any atom is -0.323 e. The molecular formula is C15H19N3O2. The van der Waals surface area contributed by atoms with Crippen LogP contribution < -0.4 is 10.9 Å². The van der Waals surface area contributed by atoms with Crippen molar-refractivity contribution in [3.05, 3.63) is 46.4 Å². The van der Waals surface area contributed by atoms with Gasteiger partial charge in [-0.2, -0.15) is 0 Å². The molecule has 0 unspecified atom stereocenters. The van der Waals surface area contributed by atoms with Crippen molar-refractivity contribution in [2.75, 3.05) is 5.32 Å². The fourth-order valence-corrected chi connectivity index (χ4v) is 2.30. The van der Waals surface area contributed by atoms with Crippen LogP contribution in [0.25, 0.3) is 5.69 Å². The highest BCUT2D eigenvalue weighted by molar-refractivity contribution is 5.72. The summed E-state index contributed by atoms with van der Waals surface area (Å²) in [5, 5.41) is 2.52. The van der Waals surface area contributed by atoms with Crippen molar-refractivity contribution < 1.29 is 4.79 Å². The van der Waals surface area contributed by atoms with E-state index in [0.717, 1.165) is 24.2 Å². The predicted molar refractivity (Wildman–Crippen MR) is 79.4 cm³/mol. The third-order valence-electron chi connectivity index (χ3n) is 3.30. The second-order valence-electron chi connectivity index (χ2n) is 4.65. The van der Waals surface area contributed by atoms with Crippen LogP contribution in [0.2, 0.25) is 0 Å². The van der Waals surface area contributed by atoms with E-state index in [9.17, 15) is 9.59 Å². The monoisotopic (exact) mass is 273 g/mol. The number of carbonyl (C=O) groups excluding carboxylic acids is 1. The summed E-state index contributed by atoms with van der Waals surface area (Å²) in [6.07, 6.45) is 2.46. The van der Waals surface area contributed by atoms with Gasteiger partial charge in [0.1, 0.15) is 5.69 Å². The topological polar surface area (TPSA) is 56.0 Å². The molecule has 1 aromatic heterocycles. The Morgan fingerprint density at radius 3 is 2.55 bits per heavy atom. The Labute approximate surface area is 117 Å². The first-order valence-electron chi connectivity index (χ1n) is 6.78. The summed E-state index contributed by atoms with van der Waals surface area (Å²) in [5.41, 5.74) is 1.84. The van der Waals surface area contributed by atoms with Crippen LogP contribution >= 0.6 is 0 Å². The third-order valence-corrected chi connectivity index (χ3v) is 3.30. The highest BCUT2D eigenvalue weighted by Gasteiger charge is 2.17. The Kier molecular flexibility index (Phi) is 4.40. The second kappa shape index (κ2) is 6.23. The van der Waals surface area contributed by atoms with Crippen molar-refractivity contribution in [3.8, 4) is 5.69 Å². The summed E-state index contributed by atoms with van der Waals surface area (Å²) in [4.78, 5) is 23.1. The van der Waals surface area contributed by atoms with Crippen LogP contribution in [0.3, 0.4) is 0 Å². The Balaban J connectivity index is 2.61. The standard InChI is InChI=1S/C15H19N3O2/c1-3-4-10-17-15(20)14(16-11-19)12(2)18(17)13-8-6-5-7-9-13/h5-9,11H,3-4,10H2,1-2H3,(H,16,19). The lowest BCUT2D eigenvalue weighted by Crippen LogP contribution is -2.23. The zero-order valence-corrected chi connectivity index (χ0v) is 11.8. The number of para-hydroxylation sites is 1. The molecule has 0 saturated carbocycles. The molecule has 0 aliphatic rings. The molecule has 0 aliphatic carbocycles. The quantitative estimate of drug-likeness (QED) is 0.821. The number of benzene rings is 1. The number of anilines is 1. The number of aromatic nitrogens is 2. The number of hydrogen-bond acceptors (Lipinski definition) is 2. The van der Waals surface area contributed by atoms with E-state index in [1.165, 1.54) is 0 Å². The molecule has 0 aliphatic heterocycles. The Morgan fingerprint density at radius 2 is 1.95 bits per heavy atom. The summed E-state index contributed by atoms with van der Waals surface area (Å²) in [6.45, 7) is 4.55. The lowest BCUT2D eigenvalue weighted by atomic mass is 10.3. The van der Waals surface area contributed by atoms with Crippen LogP contribution in [-0.2, 0) is 11.3 Å². The van der Waals surface area contributed by atoms with Crippen LogP contribution in [0.15, 0.2) is 35.1 Å². The smallest absolute Gasteiger partial charge is 0.291 e. The van der Waals surface area contributed by atoms with Gasteiger partial charge in [-0.25, -0.2) is 4.68 Å². The average molecular weight is 273 g/mol. The van der Waals surface area contributed by atoms with Crippen molar-refractivity contribution in [1.82, 2.24) is 9.36 Å². The van der Waals surface area contributed by atoms with Crippen LogP contribution in [0.1, 0.15) is 25.5 Å². The number of amides is 1. The summed E-state index contributed by atoms with van der Waals surface area (Å²) in [6, 6.07) is 9.67. The van der Waals surface area contributed by atoms with Crippen molar-refractivity contribution in [1.29, 1.82) is 0 Å². The van der Waals surface area contributed by atoms with E-state index in [1.807, 2.05) is 41.9 Å². The molecule has 5 heteroatoms. The van der Waals surface area contributed by atoms with E-state index >= 15 is 0 Å². The number of hydrogen-bond donors (Lipinski definition) is 1. The molecular weight excluding hydrogens is 254 g/mol. The molecule has 1 aromatic carbocycles. The molecule has 106 valence electrons. The molecule has 0 bridgehead atoms. The molecule has 2 rings (SSSR count). The summed E-state index contributed by atoms with van der Waals surface area (Å²) < 4.78 is 3.55. The first kappa shape index (κ1) is 14.1. The number of nitrogens with one attached hydrogen (secondary N) is 1. The first-order chi connectivity index (χ1) is 9.70. The van der Waals surface area contributed by atoms with Crippen LogP contribution in [0.5, 0.6) is 0 Å². The molecule has 2 aromatic rings. The summed E-state index contributed by atoms with van der Waals surface area (Å²) in [7, 11) is 0. The van der Waals surface area contributed by atoms with E-state index in [0.29, 0.717) is 18.6 Å². The van der Waals surface area contributed by atoms with Gasteiger partial charge in [-0.3, -0.25) is 14.3 Å². The lowest BCUT2D eigenvalue weighted by molar-refractivity contribution is -0.105. The largest absolute Gasteiger partial charge is 0.323 e. The average Bonchev–Trinajstić information content (AvgIpc) is 2.70. The molecule has 1 amide bonds. The zero-order chi connectivity index (χ0) is 14.5. The van der Waals surface area contributed by atoms with Gasteiger partial charge in [0.15, 0.2) is 0 Å². The Hall–Kier alpha value is -2.30. The summed E-state index contributed by atoms with van der Waals surface area (Å²) in [5.74, 6) is 0. The number of rotatable bonds is 6. The number of carbonyl (C=O) groups is 1. The molecule has 1 N–H and O–H groups in total. The van der Waals surface area contributed by atoms with E-state index in [1.54, 1.807) is 4.68 Å². The van der Waals surface area contributed by atoms with Gasteiger partial charge in [0, 0.05) is 6.54 Å². The normalized spacial score (nSPS) is 10.5. The van der Waals surface area contributed by atoms with Crippen LogP contribution in [-0.4, -0.2) is 15.8 Å². The van der Waals surface area contributed by atoms with Crippen molar-refractivity contribution in [2.45, 2.75) is 33.2 Å². The molecule has 0 radical (unpaired) electrons. The van der Waals surface area contributed by atoms with Crippen molar-refractivity contribution in [3.63, 3.8) is 0 Å². The highest BCUT2D eigenvalue weighted by atomic mass is 16.1. The van der Waals surface area contributed by atoms with E-state index in [2.05, 4.69) is 12.2 Å². The third kappa shape index (κ3) is 2.52. The Bertz CT molecular complexity index is 641. The minimum atomic E-state index is -0.160. The van der Waals surface area contributed by atoms with Crippen LogP contribution in [0, 0.1) is 6.92 Å². The molecule has 0 saturated heterocycles. The van der Waals surface area contributed by atoms with Crippen molar-refractivity contribution >= 4 is 12.1 Å².